The lowest BCUT2D eigenvalue weighted by Crippen LogP contribution is -2.37. The molecule has 0 aromatic rings. The third kappa shape index (κ3) is 6.07. The average molecular weight is 251 g/mol. The van der Waals surface area contributed by atoms with Gasteiger partial charge in [-0.2, -0.15) is 0 Å². The first-order valence-electron chi connectivity index (χ1n) is 5.48. The van der Waals surface area contributed by atoms with Crippen LogP contribution < -0.4 is 4.72 Å². The van der Waals surface area contributed by atoms with Crippen LogP contribution in [0.25, 0.3) is 0 Å². The Bertz CT molecular complexity index is 311. The molecule has 0 saturated carbocycles. The first-order chi connectivity index (χ1) is 7.27. The maximum Gasteiger partial charge on any atom is 0.323 e. The number of carboxylic acids is 1. The summed E-state index contributed by atoms with van der Waals surface area (Å²) >= 11 is 0. The zero-order chi connectivity index (χ0) is 12.8. The van der Waals surface area contributed by atoms with Crippen molar-refractivity contribution in [3.63, 3.8) is 0 Å². The fourth-order valence-corrected chi connectivity index (χ4v) is 2.09. The number of aliphatic carboxylic acids is 1. The first kappa shape index (κ1) is 15.4. The maximum absolute atomic E-state index is 11.4. The van der Waals surface area contributed by atoms with E-state index in [1.807, 2.05) is 0 Å². The topological polar surface area (TPSA) is 83.5 Å². The Balaban J connectivity index is 3.88. The Kier molecular flexibility index (Phi) is 6.59. The molecule has 16 heavy (non-hydrogen) atoms. The molecule has 0 bridgehead atoms. The zero-order valence-corrected chi connectivity index (χ0v) is 10.9. The molecular weight excluding hydrogens is 230 g/mol. The van der Waals surface area contributed by atoms with E-state index in [4.69, 9.17) is 5.11 Å². The van der Waals surface area contributed by atoms with Crippen molar-refractivity contribution in [3.05, 3.63) is 0 Å². The Morgan fingerprint density at radius 1 is 1.25 bits per heavy atom. The van der Waals surface area contributed by atoms with Gasteiger partial charge in [-0.05, 0) is 19.3 Å². The van der Waals surface area contributed by atoms with Crippen molar-refractivity contribution in [1.29, 1.82) is 0 Å². The summed E-state index contributed by atoms with van der Waals surface area (Å²) in [5.74, 6) is -0.718. The Hall–Kier alpha value is -0.620. The fourth-order valence-electron chi connectivity index (χ4n) is 1.15. The molecule has 2 N–H and O–H groups in total. The molecule has 1 unspecified atom stereocenters. The Morgan fingerprint density at radius 3 is 2.25 bits per heavy atom. The second kappa shape index (κ2) is 6.85. The number of hydrogen-bond acceptors (Lipinski definition) is 3. The SMILES string of the molecule is CC(C)CCCCNS(=O)(=O)C(C)C(=O)O. The molecule has 0 aliphatic heterocycles. The summed E-state index contributed by atoms with van der Waals surface area (Å²) in [6.45, 7) is 5.69. The van der Waals surface area contributed by atoms with Crippen molar-refractivity contribution in [1.82, 2.24) is 4.72 Å². The predicted molar refractivity (Wildman–Crippen MR) is 62.7 cm³/mol. The van der Waals surface area contributed by atoms with Gasteiger partial charge in [0.25, 0.3) is 0 Å². The highest BCUT2D eigenvalue weighted by Gasteiger charge is 2.26. The van der Waals surface area contributed by atoms with Crippen LogP contribution in [0.5, 0.6) is 0 Å². The van der Waals surface area contributed by atoms with Crippen molar-refractivity contribution < 1.29 is 18.3 Å². The third-order valence-corrected chi connectivity index (χ3v) is 4.06. The van der Waals surface area contributed by atoms with Crippen LogP contribution in [0.3, 0.4) is 0 Å². The summed E-state index contributed by atoms with van der Waals surface area (Å²) in [7, 11) is -3.71. The lowest BCUT2D eigenvalue weighted by molar-refractivity contribution is -0.136. The van der Waals surface area contributed by atoms with Gasteiger partial charge >= 0.3 is 5.97 Å². The second-order valence-electron chi connectivity index (χ2n) is 4.31. The minimum absolute atomic E-state index is 0.312. The van der Waals surface area contributed by atoms with E-state index in [1.165, 1.54) is 6.92 Å². The summed E-state index contributed by atoms with van der Waals surface area (Å²) in [6.07, 6.45) is 2.74. The van der Waals surface area contributed by atoms with Crippen molar-refractivity contribution in [3.8, 4) is 0 Å². The molecule has 0 aliphatic rings. The highest BCUT2D eigenvalue weighted by Crippen LogP contribution is 2.06. The molecule has 0 rings (SSSR count). The Morgan fingerprint density at radius 2 is 1.81 bits per heavy atom. The minimum Gasteiger partial charge on any atom is -0.480 e. The molecular formula is C10H21NO4S. The predicted octanol–water partition coefficient (Wildman–Crippen LogP) is 1.21. The van der Waals surface area contributed by atoms with Crippen LogP contribution in [-0.2, 0) is 14.8 Å². The maximum atomic E-state index is 11.4. The molecule has 6 heteroatoms. The Labute approximate surface area is 97.3 Å². The number of carboxylic acid groups (broad SMARTS) is 1. The van der Waals surface area contributed by atoms with Crippen molar-refractivity contribution in [2.24, 2.45) is 5.92 Å². The van der Waals surface area contributed by atoms with Crippen LogP contribution in [0.4, 0.5) is 0 Å². The quantitative estimate of drug-likeness (QED) is 0.635. The van der Waals surface area contributed by atoms with Gasteiger partial charge < -0.3 is 5.11 Å². The van der Waals surface area contributed by atoms with Crippen LogP contribution >= 0.6 is 0 Å². The summed E-state index contributed by atoms with van der Waals surface area (Å²) in [6, 6.07) is 0. The van der Waals surface area contributed by atoms with Crippen molar-refractivity contribution in [2.75, 3.05) is 6.54 Å². The number of nitrogens with one attached hydrogen (secondary N) is 1. The number of sulfonamides is 1. The molecule has 0 aromatic heterocycles. The van der Waals surface area contributed by atoms with Gasteiger partial charge in [0.05, 0.1) is 0 Å². The van der Waals surface area contributed by atoms with Crippen LogP contribution in [0, 0.1) is 5.92 Å². The molecule has 0 fully saturated rings. The fraction of sp³-hybridized carbons (Fsp3) is 0.900. The van der Waals surface area contributed by atoms with Crippen LogP contribution in [-0.4, -0.2) is 31.3 Å². The third-order valence-electron chi connectivity index (χ3n) is 2.32. The number of hydrogen-bond donors (Lipinski definition) is 2. The van der Waals surface area contributed by atoms with Crippen LogP contribution in [0.15, 0.2) is 0 Å². The van der Waals surface area contributed by atoms with Gasteiger partial charge in [-0.3, -0.25) is 4.79 Å². The monoisotopic (exact) mass is 251 g/mol. The molecule has 0 aromatic carbocycles. The zero-order valence-electron chi connectivity index (χ0n) is 10.1. The highest BCUT2D eigenvalue weighted by molar-refractivity contribution is 7.90. The second-order valence-corrected chi connectivity index (χ2v) is 6.40. The van der Waals surface area contributed by atoms with Gasteiger partial charge in [-0.15, -0.1) is 0 Å². The summed E-state index contributed by atoms with van der Waals surface area (Å²) < 4.78 is 25.1. The molecule has 0 amide bonds. The van der Waals surface area contributed by atoms with E-state index in [0.29, 0.717) is 12.5 Å². The normalized spacial score (nSPS) is 14.0. The molecule has 0 saturated heterocycles. The number of unbranched alkanes of at least 4 members (excludes halogenated alkanes) is 1. The van der Waals surface area contributed by atoms with Crippen LogP contribution in [0.2, 0.25) is 0 Å². The summed E-state index contributed by atoms with van der Waals surface area (Å²) in [5.41, 5.74) is 0. The molecule has 0 spiro atoms. The smallest absolute Gasteiger partial charge is 0.323 e. The van der Waals surface area contributed by atoms with E-state index in [-0.39, 0.29) is 0 Å². The number of rotatable bonds is 8. The van der Waals surface area contributed by atoms with E-state index < -0.39 is 21.2 Å². The van der Waals surface area contributed by atoms with Gasteiger partial charge in [0, 0.05) is 6.54 Å². The number of carbonyl (C=O) groups is 1. The molecule has 96 valence electrons. The van der Waals surface area contributed by atoms with Crippen LogP contribution in [0.1, 0.15) is 40.0 Å². The lowest BCUT2D eigenvalue weighted by Gasteiger charge is -2.10. The summed E-state index contributed by atoms with van der Waals surface area (Å²) in [5, 5.41) is 7.18. The van der Waals surface area contributed by atoms with E-state index in [9.17, 15) is 13.2 Å². The highest BCUT2D eigenvalue weighted by atomic mass is 32.2. The van der Waals surface area contributed by atoms with E-state index >= 15 is 0 Å². The van der Waals surface area contributed by atoms with Crippen molar-refractivity contribution >= 4 is 16.0 Å². The van der Waals surface area contributed by atoms with Gasteiger partial charge in [-0.1, -0.05) is 26.7 Å². The van der Waals surface area contributed by atoms with Crippen molar-refractivity contribution in [2.45, 2.75) is 45.3 Å². The van der Waals surface area contributed by atoms with Gasteiger partial charge in [0.15, 0.2) is 5.25 Å². The van der Waals surface area contributed by atoms with E-state index in [0.717, 1.165) is 19.3 Å². The largest absolute Gasteiger partial charge is 0.480 e. The molecule has 5 nitrogen and oxygen atoms in total. The van der Waals surface area contributed by atoms with Gasteiger partial charge in [0.1, 0.15) is 0 Å². The molecule has 1 atom stereocenters. The average Bonchev–Trinajstić information content (AvgIpc) is 2.15. The standard InChI is InChI=1S/C10H21NO4S/c1-8(2)6-4-5-7-11-16(14,15)9(3)10(12)13/h8-9,11H,4-7H2,1-3H3,(H,12,13). The van der Waals surface area contributed by atoms with Gasteiger partial charge in [0.2, 0.25) is 10.0 Å². The summed E-state index contributed by atoms with van der Waals surface area (Å²) in [4.78, 5) is 10.5. The minimum atomic E-state index is -3.71. The first-order valence-corrected chi connectivity index (χ1v) is 7.03. The van der Waals surface area contributed by atoms with Gasteiger partial charge in [-0.25, -0.2) is 13.1 Å². The lowest BCUT2D eigenvalue weighted by atomic mass is 10.1. The molecule has 0 heterocycles. The molecule has 0 aliphatic carbocycles. The van der Waals surface area contributed by atoms with E-state index in [1.54, 1.807) is 0 Å². The van der Waals surface area contributed by atoms with E-state index in [2.05, 4.69) is 18.6 Å². The molecule has 0 radical (unpaired) electrons.